The van der Waals surface area contributed by atoms with Gasteiger partial charge < -0.3 is 5.32 Å². The highest BCUT2D eigenvalue weighted by molar-refractivity contribution is 6.00. The summed E-state index contributed by atoms with van der Waals surface area (Å²) in [6.07, 6.45) is 2.65. The highest BCUT2D eigenvalue weighted by atomic mass is 16.2. The van der Waals surface area contributed by atoms with Crippen LogP contribution in [0.25, 0.3) is 11.0 Å². The van der Waals surface area contributed by atoms with Crippen molar-refractivity contribution in [3.05, 3.63) is 83.9 Å². The summed E-state index contributed by atoms with van der Waals surface area (Å²) in [5.41, 5.74) is 4.95. The Kier molecular flexibility index (Phi) is 4.65. The Bertz CT molecular complexity index is 1290. The van der Waals surface area contributed by atoms with Crippen LogP contribution in [0.3, 0.4) is 0 Å². The van der Waals surface area contributed by atoms with E-state index in [2.05, 4.69) is 31.8 Å². The first-order valence-electron chi connectivity index (χ1n) is 8.56. The van der Waals surface area contributed by atoms with E-state index in [1.165, 1.54) is 17.3 Å². The van der Waals surface area contributed by atoms with Gasteiger partial charge in [-0.15, -0.1) is 0 Å². The van der Waals surface area contributed by atoms with E-state index in [0.29, 0.717) is 28.1 Å². The molecule has 2 aromatic heterocycles. The number of fused-ring (bicyclic) bond motifs is 1. The normalized spacial score (nSPS) is 10.3. The zero-order valence-corrected chi connectivity index (χ0v) is 15.0. The van der Waals surface area contributed by atoms with E-state index in [1.54, 1.807) is 48.5 Å². The van der Waals surface area contributed by atoms with E-state index < -0.39 is 0 Å². The van der Waals surface area contributed by atoms with Gasteiger partial charge in [0.05, 0.1) is 11.6 Å². The number of hydrogen-bond donors (Lipinski definition) is 3. The van der Waals surface area contributed by atoms with Crippen molar-refractivity contribution < 1.29 is 4.79 Å². The Morgan fingerprint density at radius 3 is 2.48 bits per heavy atom. The number of anilines is 2. The molecule has 0 fully saturated rings. The van der Waals surface area contributed by atoms with Gasteiger partial charge in [-0.3, -0.25) is 15.6 Å². The first-order chi connectivity index (χ1) is 14.2. The molecule has 1 amide bonds. The van der Waals surface area contributed by atoms with Gasteiger partial charge in [0.15, 0.2) is 11.3 Å². The number of carbonyl (C=O) groups excluding carboxylic acids is 1. The number of hydrogen-bond acceptors (Lipinski definition) is 7. The predicted molar refractivity (Wildman–Crippen MR) is 106 cm³/mol. The molecular formula is C20H14N8O. The van der Waals surface area contributed by atoms with Crippen molar-refractivity contribution in [2.75, 3.05) is 10.7 Å². The molecule has 140 valence electrons. The van der Waals surface area contributed by atoms with Crippen molar-refractivity contribution in [2.24, 2.45) is 0 Å². The Morgan fingerprint density at radius 2 is 1.76 bits per heavy atom. The number of nitrogens with zero attached hydrogens (tertiary/aromatic N) is 5. The largest absolute Gasteiger partial charge is 0.338 e. The first kappa shape index (κ1) is 17.8. The van der Waals surface area contributed by atoms with E-state index in [-0.39, 0.29) is 16.9 Å². The van der Waals surface area contributed by atoms with Crippen LogP contribution in [-0.2, 0) is 0 Å². The highest BCUT2D eigenvalue weighted by Crippen LogP contribution is 2.19. The van der Waals surface area contributed by atoms with E-state index in [9.17, 15) is 4.79 Å². The lowest BCUT2D eigenvalue weighted by molar-refractivity contribution is 0.101. The van der Waals surface area contributed by atoms with Gasteiger partial charge in [0.2, 0.25) is 0 Å². The summed E-state index contributed by atoms with van der Waals surface area (Å²) in [5.74, 6) is 0.0463. The second-order valence-corrected chi connectivity index (χ2v) is 6.00. The maximum atomic E-state index is 12.4. The molecule has 2 aromatic carbocycles. The molecule has 0 saturated heterocycles. The van der Waals surface area contributed by atoms with Gasteiger partial charge >= 0.3 is 0 Å². The molecule has 0 atom stereocenters. The van der Waals surface area contributed by atoms with E-state index in [0.717, 1.165) is 0 Å². The summed E-state index contributed by atoms with van der Waals surface area (Å²) >= 11 is 0. The van der Waals surface area contributed by atoms with Crippen LogP contribution in [-0.4, -0.2) is 25.5 Å². The predicted octanol–water partition coefficient (Wildman–Crippen LogP) is 2.30. The van der Waals surface area contributed by atoms with Crippen molar-refractivity contribution >= 4 is 28.4 Å². The summed E-state index contributed by atoms with van der Waals surface area (Å²) in [5, 5.41) is 20.4. The van der Waals surface area contributed by atoms with Crippen molar-refractivity contribution in [1.82, 2.24) is 19.6 Å². The minimum Gasteiger partial charge on any atom is -0.338 e. The minimum absolute atomic E-state index is 0.0374. The van der Waals surface area contributed by atoms with Crippen LogP contribution in [0.1, 0.15) is 15.9 Å². The second kappa shape index (κ2) is 7.58. The third-order valence-corrected chi connectivity index (χ3v) is 4.12. The molecule has 29 heavy (non-hydrogen) atoms. The lowest BCUT2D eigenvalue weighted by Crippen LogP contribution is -2.33. The molecule has 0 aliphatic rings. The van der Waals surface area contributed by atoms with Gasteiger partial charge in [0, 0.05) is 11.3 Å². The average molecular weight is 382 g/mol. The lowest BCUT2D eigenvalue weighted by atomic mass is 10.2. The molecular weight excluding hydrogens is 368 g/mol. The number of carbonyl (C=O) groups is 1. The van der Waals surface area contributed by atoms with Crippen LogP contribution in [0, 0.1) is 16.7 Å². The Balaban J connectivity index is 1.66. The average Bonchev–Trinajstić information content (AvgIpc) is 2.77. The Hall–Kier alpha value is -4.58. The zero-order chi connectivity index (χ0) is 20.2. The fourth-order valence-electron chi connectivity index (χ4n) is 2.67. The van der Waals surface area contributed by atoms with Crippen LogP contribution in [0.5, 0.6) is 0 Å². The molecule has 4 rings (SSSR count). The van der Waals surface area contributed by atoms with E-state index >= 15 is 0 Å². The third-order valence-electron chi connectivity index (χ3n) is 4.12. The number of nitrogens with one attached hydrogen (secondary N) is 3. The van der Waals surface area contributed by atoms with Crippen LogP contribution >= 0.6 is 0 Å². The van der Waals surface area contributed by atoms with Crippen molar-refractivity contribution in [3.63, 3.8) is 0 Å². The maximum absolute atomic E-state index is 12.4. The fraction of sp³-hybridized carbons (Fsp3) is 0. The number of aromatic nitrogens is 4. The monoisotopic (exact) mass is 382 g/mol. The Morgan fingerprint density at radius 1 is 1.00 bits per heavy atom. The smallest absolute Gasteiger partial charge is 0.270 e. The second-order valence-electron chi connectivity index (χ2n) is 6.00. The summed E-state index contributed by atoms with van der Waals surface area (Å²) in [6.45, 7) is 0. The first-order valence-corrected chi connectivity index (χ1v) is 8.56. The highest BCUT2D eigenvalue weighted by Gasteiger charge is 2.11. The summed E-state index contributed by atoms with van der Waals surface area (Å²) in [4.78, 5) is 25.0. The number of rotatable bonds is 4. The summed E-state index contributed by atoms with van der Waals surface area (Å²) in [7, 11) is 0. The molecule has 2 heterocycles. The zero-order valence-electron chi connectivity index (χ0n) is 15.0. The van der Waals surface area contributed by atoms with Gasteiger partial charge in [-0.2, -0.15) is 5.26 Å². The van der Waals surface area contributed by atoms with Gasteiger partial charge in [-0.1, -0.05) is 18.2 Å². The van der Waals surface area contributed by atoms with Crippen LogP contribution in [0.2, 0.25) is 0 Å². The molecule has 0 aliphatic heterocycles. The fourth-order valence-corrected chi connectivity index (χ4v) is 2.67. The lowest BCUT2D eigenvalue weighted by Gasteiger charge is -2.11. The third kappa shape index (κ3) is 3.63. The minimum atomic E-state index is -0.366. The molecule has 0 bridgehead atoms. The van der Waals surface area contributed by atoms with Gasteiger partial charge in [0.25, 0.3) is 5.91 Å². The van der Waals surface area contributed by atoms with Crippen LogP contribution < -0.4 is 16.2 Å². The van der Waals surface area contributed by atoms with Crippen LogP contribution in [0.4, 0.5) is 11.5 Å². The van der Waals surface area contributed by atoms with Gasteiger partial charge in [0.1, 0.15) is 23.7 Å². The van der Waals surface area contributed by atoms with E-state index in [4.69, 9.17) is 10.7 Å². The number of benzene rings is 2. The van der Waals surface area contributed by atoms with Crippen molar-refractivity contribution in [2.45, 2.75) is 0 Å². The van der Waals surface area contributed by atoms with E-state index in [1.807, 2.05) is 6.07 Å². The number of amides is 1. The standard InChI is InChI=1S/C20H14N8O/c21-10-13-6-8-15(9-7-13)26-19-17-16(23-11-24-19)18(22)28(12-25-17)27-20(29)14-4-2-1-3-5-14/h1-9,11-12,22H,(H,27,29)(H,23,24,26). The SMILES string of the molecule is N#Cc1ccc(Nc2ncnc3c(=N)n(NC(=O)c4ccccc4)cnc23)cc1. The van der Waals surface area contributed by atoms with Gasteiger partial charge in [-0.05, 0) is 36.4 Å². The molecule has 0 saturated carbocycles. The molecule has 9 nitrogen and oxygen atoms in total. The summed E-state index contributed by atoms with van der Waals surface area (Å²) < 4.78 is 1.20. The Labute approximate surface area is 164 Å². The summed E-state index contributed by atoms with van der Waals surface area (Å²) in [6, 6.07) is 17.6. The molecule has 9 heteroatoms. The molecule has 0 spiro atoms. The molecule has 3 N–H and O–H groups in total. The van der Waals surface area contributed by atoms with Crippen LogP contribution in [0.15, 0.2) is 67.3 Å². The molecule has 0 radical (unpaired) electrons. The van der Waals surface area contributed by atoms with Gasteiger partial charge in [-0.25, -0.2) is 19.6 Å². The molecule has 0 aliphatic carbocycles. The number of nitriles is 1. The topological polar surface area (TPSA) is 132 Å². The maximum Gasteiger partial charge on any atom is 0.270 e. The molecule has 4 aromatic rings. The molecule has 0 unspecified atom stereocenters. The van der Waals surface area contributed by atoms with Crippen molar-refractivity contribution in [1.29, 1.82) is 10.7 Å². The van der Waals surface area contributed by atoms with Crippen molar-refractivity contribution in [3.8, 4) is 6.07 Å². The quantitative estimate of drug-likeness (QED) is 0.496.